The Kier molecular flexibility index (Phi) is 8.23. The van der Waals surface area contributed by atoms with Crippen LogP contribution in [0.3, 0.4) is 0 Å². The molecule has 6 nitrogen and oxygen atoms in total. The van der Waals surface area contributed by atoms with Crippen LogP contribution in [-0.2, 0) is 13.0 Å². The molecule has 3 aromatic rings. The molecule has 0 unspecified atom stereocenters. The van der Waals surface area contributed by atoms with Crippen molar-refractivity contribution in [2.45, 2.75) is 45.1 Å². The monoisotopic (exact) mass is 517 g/mol. The summed E-state index contributed by atoms with van der Waals surface area (Å²) in [5.41, 5.74) is 2.28. The van der Waals surface area contributed by atoms with Crippen molar-refractivity contribution in [3.8, 4) is 5.75 Å². The molecule has 3 heterocycles. The minimum Gasteiger partial charge on any atom is -0.492 e. The standard InChI is InChI=1S/C31H36FN3O3/c32-27-10-3-1-9-26(27)22-34-19-20-38-28-11-4-2-7-24(28)8-5-6-14-31(23-34)15-17-35(18-16-31)30(37)25-12-13-29(36)33-21-25/h1-4,7,9-13,21H,5-6,8,14-20,22-23H2,(H,33,36). The average molecular weight is 518 g/mol. The number of carbonyl (C=O) groups excluding carboxylic acids is 1. The van der Waals surface area contributed by atoms with Gasteiger partial charge in [-0.3, -0.25) is 14.5 Å². The molecule has 0 bridgehead atoms. The zero-order chi connectivity index (χ0) is 26.4. The molecule has 1 saturated heterocycles. The fourth-order valence-corrected chi connectivity index (χ4v) is 5.90. The summed E-state index contributed by atoms with van der Waals surface area (Å²) < 4.78 is 20.9. The molecule has 200 valence electrons. The third kappa shape index (κ3) is 6.33. The van der Waals surface area contributed by atoms with E-state index in [4.69, 9.17) is 4.74 Å². The Balaban J connectivity index is 1.34. The number of ether oxygens (including phenoxy) is 1. The van der Waals surface area contributed by atoms with Gasteiger partial charge in [0.2, 0.25) is 5.56 Å². The molecule has 2 aromatic carbocycles. The average Bonchev–Trinajstić information content (AvgIpc) is 2.93. The van der Waals surface area contributed by atoms with Crippen molar-refractivity contribution in [3.05, 3.63) is 99.7 Å². The molecule has 1 amide bonds. The van der Waals surface area contributed by atoms with Gasteiger partial charge in [-0.2, -0.15) is 0 Å². The number of aromatic amines is 1. The largest absolute Gasteiger partial charge is 0.492 e. The zero-order valence-electron chi connectivity index (χ0n) is 21.8. The van der Waals surface area contributed by atoms with Crippen LogP contribution in [-0.4, -0.2) is 53.5 Å². The molecule has 7 heteroatoms. The van der Waals surface area contributed by atoms with Gasteiger partial charge in [0.25, 0.3) is 5.91 Å². The number of halogens is 1. The van der Waals surface area contributed by atoms with E-state index in [0.29, 0.717) is 43.9 Å². The van der Waals surface area contributed by atoms with Gasteiger partial charge in [-0.1, -0.05) is 42.8 Å². The van der Waals surface area contributed by atoms with Gasteiger partial charge in [0, 0.05) is 50.6 Å². The third-order valence-electron chi connectivity index (χ3n) is 8.09. The maximum atomic E-state index is 14.6. The first-order valence-electron chi connectivity index (χ1n) is 13.7. The minimum absolute atomic E-state index is 0.0440. The van der Waals surface area contributed by atoms with Gasteiger partial charge in [-0.05, 0) is 61.3 Å². The Labute approximate surface area is 223 Å². The number of fused-ring (bicyclic) bond motifs is 1. The number of hydrogen-bond donors (Lipinski definition) is 1. The highest BCUT2D eigenvalue weighted by molar-refractivity contribution is 5.93. The highest BCUT2D eigenvalue weighted by Crippen LogP contribution is 2.39. The summed E-state index contributed by atoms with van der Waals surface area (Å²) in [6.45, 7) is 3.95. The number of nitrogens with zero attached hydrogens (tertiary/aromatic N) is 2. The lowest BCUT2D eigenvalue weighted by atomic mass is 9.73. The fourth-order valence-electron chi connectivity index (χ4n) is 5.90. The lowest BCUT2D eigenvalue weighted by molar-refractivity contribution is 0.0358. The van der Waals surface area contributed by atoms with Gasteiger partial charge in [0.1, 0.15) is 18.2 Å². The topological polar surface area (TPSA) is 65.6 Å². The number of benzene rings is 2. The van der Waals surface area contributed by atoms with Crippen molar-refractivity contribution < 1.29 is 13.9 Å². The molecule has 0 radical (unpaired) electrons. The van der Waals surface area contributed by atoms with E-state index >= 15 is 0 Å². The molecule has 1 aromatic heterocycles. The molecule has 0 aliphatic carbocycles. The number of pyridine rings is 1. The molecule has 1 spiro atoms. The fraction of sp³-hybridized carbons (Fsp3) is 0.419. The Bertz CT molecular complexity index is 1280. The number of amides is 1. The van der Waals surface area contributed by atoms with Crippen LogP contribution < -0.4 is 10.3 Å². The number of aryl methyl sites for hydroxylation is 1. The molecular weight excluding hydrogens is 481 g/mol. The van der Waals surface area contributed by atoms with E-state index in [9.17, 15) is 14.0 Å². The van der Waals surface area contributed by atoms with E-state index in [2.05, 4.69) is 22.0 Å². The molecule has 0 saturated carbocycles. The maximum Gasteiger partial charge on any atom is 0.255 e. The van der Waals surface area contributed by atoms with Crippen LogP contribution >= 0.6 is 0 Å². The molecule has 38 heavy (non-hydrogen) atoms. The Morgan fingerprint density at radius 3 is 2.53 bits per heavy atom. The summed E-state index contributed by atoms with van der Waals surface area (Å²) >= 11 is 0. The van der Waals surface area contributed by atoms with Crippen LogP contribution in [0.25, 0.3) is 0 Å². The molecule has 2 aliphatic heterocycles. The summed E-state index contributed by atoms with van der Waals surface area (Å²) in [5.74, 6) is 0.723. The molecule has 1 fully saturated rings. The quantitative estimate of drug-likeness (QED) is 0.529. The normalized spacial score (nSPS) is 18.6. The van der Waals surface area contributed by atoms with E-state index in [1.54, 1.807) is 12.1 Å². The van der Waals surface area contributed by atoms with E-state index in [-0.39, 0.29) is 22.7 Å². The predicted molar refractivity (Wildman–Crippen MR) is 146 cm³/mol. The second kappa shape index (κ2) is 11.9. The van der Waals surface area contributed by atoms with Gasteiger partial charge < -0.3 is 14.6 Å². The molecule has 0 atom stereocenters. The van der Waals surface area contributed by atoms with E-state index in [0.717, 1.165) is 50.8 Å². The molecule has 2 aliphatic rings. The van der Waals surface area contributed by atoms with Crippen molar-refractivity contribution in [2.24, 2.45) is 5.41 Å². The maximum absolute atomic E-state index is 14.6. The Morgan fingerprint density at radius 1 is 0.947 bits per heavy atom. The number of H-pyrrole nitrogens is 1. The number of likely N-dealkylation sites (tertiary alicyclic amines) is 1. The molecule has 5 rings (SSSR count). The van der Waals surface area contributed by atoms with Gasteiger partial charge in [0.05, 0.1) is 5.56 Å². The van der Waals surface area contributed by atoms with Crippen LogP contribution in [0.4, 0.5) is 4.39 Å². The molecule has 1 N–H and O–H groups in total. The van der Waals surface area contributed by atoms with Crippen LogP contribution in [0.15, 0.2) is 71.7 Å². The van der Waals surface area contributed by atoms with Crippen molar-refractivity contribution in [2.75, 3.05) is 32.8 Å². The lowest BCUT2D eigenvalue weighted by Crippen LogP contribution is -2.48. The summed E-state index contributed by atoms with van der Waals surface area (Å²) in [7, 11) is 0. The first-order chi connectivity index (χ1) is 18.5. The predicted octanol–water partition coefficient (Wildman–Crippen LogP) is 5.04. The number of piperidine rings is 1. The van der Waals surface area contributed by atoms with Gasteiger partial charge >= 0.3 is 0 Å². The second-order valence-corrected chi connectivity index (χ2v) is 10.7. The SMILES string of the molecule is O=C(c1ccc(=O)[nH]c1)N1CCC2(CCCCc3ccccc3OCCN(Cc3ccccc3F)C2)CC1. The minimum atomic E-state index is -0.214. The van der Waals surface area contributed by atoms with Crippen molar-refractivity contribution in [1.82, 2.24) is 14.8 Å². The number of carbonyl (C=O) groups is 1. The van der Waals surface area contributed by atoms with Crippen molar-refractivity contribution >= 4 is 5.91 Å². The van der Waals surface area contributed by atoms with Crippen LogP contribution in [0.5, 0.6) is 5.75 Å². The first-order valence-corrected chi connectivity index (χ1v) is 13.7. The number of nitrogens with one attached hydrogen (secondary N) is 1. The Morgan fingerprint density at radius 2 is 1.74 bits per heavy atom. The lowest BCUT2D eigenvalue weighted by Gasteiger charge is -2.45. The van der Waals surface area contributed by atoms with Crippen LogP contribution in [0.2, 0.25) is 0 Å². The first kappa shape index (κ1) is 26.2. The third-order valence-corrected chi connectivity index (χ3v) is 8.09. The smallest absolute Gasteiger partial charge is 0.255 e. The van der Waals surface area contributed by atoms with Crippen LogP contribution in [0, 0.1) is 11.2 Å². The number of rotatable bonds is 3. The Hall–Kier alpha value is -3.45. The number of aromatic nitrogens is 1. The highest BCUT2D eigenvalue weighted by Gasteiger charge is 2.37. The second-order valence-electron chi connectivity index (χ2n) is 10.7. The van der Waals surface area contributed by atoms with Gasteiger partial charge in [-0.15, -0.1) is 0 Å². The van der Waals surface area contributed by atoms with Crippen molar-refractivity contribution in [1.29, 1.82) is 0 Å². The number of para-hydroxylation sites is 1. The van der Waals surface area contributed by atoms with Crippen LogP contribution in [0.1, 0.15) is 53.6 Å². The van der Waals surface area contributed by atoms with E-state index in [1.165, 1.54) is 23.9 Å². The van der Waals surface area contributed by atoms with Crippen molar-refractivity contribution in [3.63, 3.8) is 0 Å². The van der Waals surface area contributed by atoms with Gasteiger partial charge in [0.15, 0.2) is 0 Å². The van der Waals surface area contributed by atoms with E-state index in [1.807, 2.05) is 29.2 Å². The highest BCUT2D eigenvalue weighted by atomic mass is 19.1. The zero-order valence-corrected chi connectivity index (χ0v) is 21.8. The summed E-state index contributed by atoms with van der Waals surface area (Å²) in [6, 6.07) is 18.3. The van der Waals surface area contributed by atoms with E-state index < -0.39 is 0 Å². The van der Waals surface area contributed by atoms with Gasteiger partial charge in [-0.25, -0.2) is 4.39 Å². The summed E-state index contributed by atoms with van der Waals surface area (Å²) in [5, 5.41) is 0. The summed E-state index contributed by atoms with van der Waals surface area (Å²) in [4.78, 5) is 31.3. The summed E-state index contributed by atoms with van der Waals surface area (Å²) in [6.07, 6.45) is 7.53. The molecular formula is C31H36FN3O3. The number of hydrogen-bond acceptors (Lipinski definition) is 4.